The minimum Gasteiger partial charge on any atom is -0.309 e. The maximum Gasteiger partial charge on any atom is 0.0568 e. The van der Waals surface area contributed by atoms with E-state index in [1.54, 1.807) is 0 Å². The molecule has 0 N–H and O–H groups in total. The van der Waals surface area contributed by atoms with E-state index >= 15 is 0 Å². The fourth-order valence-electron chi connectivity index (χ4n) is 8.43. The molecule has 9 aromatic carbocycles. The highest BCUT2D eigenvalue weighted by Crippen LogP contribution is 2.49. The van der Waals surface area contributed by atoms with Crippen LogP contribution in [-0.4, -0.2) is 9.13 Å². The average Bonchev–Trinajstić information content (AvgIpc) is 3.63. The van der Waals surface area contributed by atoms with Crippen LogP contribution >= 0.6 is 0 Å². The van der Waals surface area contributed by atoms with E-state index in [-0.39, 0.29) is 0 Å². The lowest BCUT2D eigenvalue weighted by Gasteiger charge is -2.14. The molecular formula is C44H26N2. The Morgan fingerprint density at radius 2 is 0.870 bits per heavy atom. The lowest BCUT2D eigenvalue weighted by Crippen LogP contribution is -1.97. The molecule has 0 radical (unpaired) electrons. The normalized spacial score (nSPS) is 12.3. The Labute approximate surface area is 264 Å². The van der Waals surface area contributed by atoms with Crippen LogP contribution in [0.4, 0.5) is 0 Å². The number of benzene rings is 9. The number of fused-ring (bicyclic) bond motifs is 10. The molecule has 2 nitrogen and oxygen atoms in total. The van der Waals surface area contributed by atoms with Gasteiger partial charge in [-0.3, -0.25) is 0 Å². The Hall–Kier alpha value is -6.12. The summed E-state index contributed by atoms with van der Waals surface area (Å²) >= 11 is 0. The second-order valence-electron chi connectivity index (χ2n) is 12.5. The number of aromatic nitrogens is 2. The summed E-state index contributed by atoms with van der Waals surface area (Å²) in [6.45, 7) is 0. The lowest BCUT2D eigenvalue weighted by atomic mass is 9.92. The van der Waals surface area contributed by atoms with Crippen molar-refractivity contribution in [3.8, 4) is 11.4 Å². The second-order valence-corrected chi connectivity index (χ2v) is 12.5. The molecule has 0 aliphatic heterocycles. The van der Waals surface area contributed by atoms with Crippen molar-refractivity contribution in [2.75, 3.05) is 0 Å². The maximum atomic E-state index is 2.52. The van der Waals surface area contributed by atoms with Crippen molar-refractivity contribution in [3.05, 3.63) is 158 Å². The number of rotatable bonds is 2. The van der Waals surface area contributed by atoms with Gasteiger partial charge in [-0.25, -0.2) is 0 Å². The number of nitrogens with zero attached hydrogens (tertiary/aromatic N) is 2. The van der Waals surface area contributed by atoms with Gasteiger partial charge >= 0.3 is 0 Å². The van der Waals surface area contributed by atoms with Crippen molar-refractivity contribution in [1.82, 2.24) is 9.13 Å². The Morgan fingerprint density at radius 3 is 1.76 bits per heavy atom. The second kappa shape index (κ2) is 8.74. The summed E-state index contributed by atoms with van der Waals surface area (Å²) in [5, 5.41) is 15.6. The van der Waals surface area contributed by atoms with E-state index in [4.69, 9.17) is 0 Å². The standard InChI is InChI=1S/C44H26N2/c1-2-13-28(14-3-1)45-38-23-11-20-33-31-16-6-7-17-34(31)43-42-35-18-8-9-21-37(35)46(39(42)26-40(45)44(43)41(33)38)36-22-10-19-30-29-15-5-4-12-27(29)24-25-32(30)36/h1-26H. The molecule has 0 spiro atoms. The molecule has 2 heteroatoms. The summed E-state index contributed by atoms with van der Waals surface area (Å²) in [6, 6.07) is 58.1. The largest absolute Gasteiger partial charge is 0.309 e. The summed E-state index contributed by atoms with van der Waals surface area (Å²) < 4.78 is 4.99. The number of hydrogen-bond donors (Lipinski definition) is 0. The molecule has 0 saturated carbocycles. The third-order valence-electron chi connectivity index (χ3n) is 10.2. The quantitative estimate of drug-likeness (QED) is 0.179. The van der Waals surface area contributed by atoms with E-state index in [0.717, 1.165) is 0 Å². The molecule has 212 valence electrons. The van der Waals surface area contributed by atoms with E-state index in [0.29, 0.717) is 0 Å². The molecule has 0 bridgehead atoms. The molecule has 0 saturated heterocycles. The van der Waals surface area contributed by atoms with Crippen LogP contribution in [0, 0.1) is 0 Å². The maximum absolute atomic E-state index is 2.52. The first-order chi connectivity index (χ1) is 22.9. The van der Waals surface area contributed by atoms with Gasteiger partial charge < -0.3 is 9.13 Å². The summed E-state index contributed by atoms with van der Waals surface area (Å²) in [5.41, 5.74) is 7.31. The molecule has 0 fully saturated rings. The van der Waals surface area contributed by atoms with Gasteiger partial charge in [0.25, 0.3) is 0 Å². The zero-order valence-corrected chi connectivity index (χ0v) is 24.9. The van der Waals surface area contributed by atoms with Crippen molar-refractivity contribution in [3.63, 3.8) is 0 Å². The van der Waals surface area contributed by atoms with Gasteiger partial charge in [0.05, 0.1) is 27.8 Å². The van der Waals surface area contributed by atoms with Gasteiger partial charge in [0, 0.05) is 38.0 Å². The highest BCUT2D eigenvalue weighted by molar-refractivity contribution is 6.42. The van der Waals surface area contributed by atoms with Crippen molar-refractivity contribution in [2.45, 2.75) is 0 Å². The minimum atomic E-state index is 1.18. The summed E-state index contributed by atoms with van der Waals surface area (Å²) in [6.07, 6.45) is 0. The number of para-hydroxylation sites is 2. The molecule has 46 heavy (non-hydrogen) atoms. The van der Waals surface area contributed by atoms with Gasteiger partial charge in [-0.2, -0.15) is 0 Å². The highest BCUT2D eigenvalue weighted by Gasteiger charge is 2.25. The predicted octanol–water partition coefficient (Wildman–Crippen LogP) is 11.9. The third kappa shape index (κ3) is 2.96. The molecule has 11 rings (SSSR count). The Kier molecular flexibility index (Phi) is 4.61. The van der Waals surface area contributed by atoms with Gasteiger partial charge in [0.2, 0.25) is 0 Å². The van der Waals surface area contributed by atoms with Crippen LogP contribution in [0.25, 0.3) is 98.1 Å². The van der Waals surface area contributed by atoms with Gasteiger partial charge in [-0.05, 0) is 68.7 Å². The first kappa shape index (κ1) is 24.2. The van der Waals surface area contributed by atoms with Crippen LogP contribution in [0.3, 0.4) is 0 Å². The van der Waals surface area contributed by atoms with Crippen LogP contribution in [0.2, 0.25) is 0 Å². The van der Waals surface area contributed by atoms with Crippen LogP contribution in [0.5, 0.6) is 0 Å². The Morgan fingerprint density at radius 1 is 0.283 bits per heavy atom. The van der Waals surface area contributed by atoms with E-state index in [9.17, 15) is 0 Å². The van der Waals surface area contributed by atoms with Crippen LogP contribution in [-0.2, 0) is 0 Å². The van der Waals surface area contributed by atoms with E-state index in [2.05, 4.69) is 167 Å². The van der Waals surface area contributed by atoms with Crippen molar-refractivity contribution in [1.29, 1.82) is 0 Å². The zero-order chi connectivity index (χ0) is 29.9. The van der Waals surface area contributed by atoms with Crippen LogP contribution in [0.1, 0.15) is 0 Å². The highest BCUT2D eigenvalue weighted by atomic mass is 15.0. The Bertz CT molecular complexity index is 3010. The summed E-state index contributed by atoms with van der Waals surface area (Å²) in [7, 11) is 0. The topological polar surface area (TPSA) is 9.86 Å². The molecule has 0 amide bonds. The van der Waals surface area contributed by atoms with Crippen LogP contribution in [0.15, 0.2) is 158 Å². The van der Waals surface area contributed by atoms with Gasteiger partial charge in [0.15, 0.2) is 0 Å². The molecule has 0 aliphatic rings. The lowest BCUT2D eigenvalue weighted by molar-refractivity contribution is 1.17. The Balaban J connectivity index is 1.43. The van der Waals surface area contributed by atoms with Crippen molar-refractivity contribution in [2.24, 2.45) is 0 Å². The predicted molar refractivity (Wildman–Crippen MR) is 196 cm³/mol. The summed E-state index contributed by atoms with van der Waals surface area (Å²) in [5.74, 6) is 0. The van der Waals surface area contributed by atoms with Gasteiger partial charge in [-0.1, -0.05) is 121 Å². The monoisotopic (exact) mass is 582 g/mol. The van der Waals surface area contributed by atoms with Gasteiger partial charge in [0.1, 0.15) is 0 Å². The first-order valence-corrected chi connectivity index (χ1v) is 16.0. The van der Waals surface area contributed by atoms with E-state index in [1.165, 1.54) is 98.1 Å². The third-order valence-corrected chi connectivity index (χ3v) is 10.2. The molecule has 2 aromatic heterocycles. The van der Waals surface area contributed by atoms with E-state index in [1.807, 2.05) is 0 Å². The minimum absolute atomic E-state index is 1.18. The SMILES string of the molecule is c1ccc(-n2c3cccc4c5ccccc5c5c6c7ccccc7n(-c7cccc8c7ccc7ccccc78)c6cc2c5c43)cc1. The van der Waals surface area contributed by atoms with Crippen molar-refractivity contribution >= 4 is 86.7 Å². The molecule has 2 heterocycles. The fourth-order valence-corrected chi connectivity index (χ4v) is 8.43. The molecule has 11 aromatic rings. The molecular weight excluding hydrogens is 556 g/mol. The summed E-state index contributed by atoms with van der Waals surface area (Å²) in [4.78, 5) is 0. The zero-order valence-electron chi connectivity index (χ0n) is 24.9. The first-order valence-electron chi connectivity index (χ1n) is 16.0. The smallest absolute Gasteiger partial charge is 0.0568 e. The fraction of sp³-hybridized carbons (Fsp3) is 0. The van der Waals surface area contributed by atoms with Gasteiger partial charge in [-0.15, -0.1) is 0 Å². The van der Waals surface area contributed by atoms with E-state index < -0.39 is 0 Å². The average molecular weight is 583 g/mol. The van der Waals surface area contributed by atoms with Crippen LogP contribution < -0.4 is 0 Å². The molecule has 0 aliphatic carbocycles. The molecule has 0 atom stereocenters. The molecule has 0 unspecified atom stereocenters. The van der Waals surface area contributed by atoms with Crippen molar-refractivity contribution < 1.29 is 0 Å². The number of hydrogen-bond acceptors (Lipinski definition) is 0.